The predicted molar refractivity (Wildman–Crippen MR) is 109 cm³/mol. The van der Waals surface area contributed by atoms with Crippen LogP contribution >= 0.6 is 23.4 Å². The lowest BCUT2D eigenvalue weighted by molar-refractivity contribution is -0.119. The van der Waals surface area contributed by atoms with Gasteiger partial charge >= 0.3 is 6.03 Å². The first-order valence-corrected chi connectivity index (χ1v) is 9.65. The zero-order valence-electron chi connectivity index (χ0n) is 15.2. The van der Waals surface area contributed by atoms with Crippen molar-refractivity contribution in [3.05, 3.63) is 65.2 Å². The number of hydrogen-bond donors (Lipinski definition) is 2. The highest BCUT2D eigenvalue weighted by Gasteiger charge is 2.26. The molecular weight excluding hydrogens is 398 g/mol. The van der Waals surface area contributed by atoms with E-state index in [1.807, 2.05) is 49.5 Å². The highest BCUT2D eigenvalue weighted by molar-refractivity contribution is 8.00. The van der Waals surface area contributed by atoms with Crippen molar-refractivity contribution in [3.8, 4) is 11.4 Å². The third-order valence-electron chi connectivity index (χ3n) is 3.96. The topological polar surface area (TPSA) is 88.9 Å². The fraction of sp³-hybridized carbons (Fsp3) is 0.158. The van der Waals surface area contributed by atoms with Crippen molar-refractivity contribution in [2.45, 2.75) is 10.4 Å². The maximum atomic E-state index is 12.7. The molecule has 0 fully saturated rings. The summed E-state index contributed by atoms with van der Waals surface area (Å²) in [4.78, 5) is 24.3. The second kappa shape index (κ2) is 8.90. The molecule has 2 N–H and O–H groups in total. The van der Waals surface area contributed by atoms with Gasteiger partial charge in [0.2, 0.25) is 5.91 Å². The first-order valence-electron chi connectivity index (χ1n) is 8.39. The van der Waals surface area contributed by atoms with Gasteiger partial charge in [-0.15, -0.1) is 10.2 Å². The minimum Gasteiger partial charge on any atom is -0.341 e. The molecule has 3 rings (SSSR count). The van der Waals surface area contributed by atoms with Gasteiger partial charge in [-0.25, -0.2) is 4.79 Å². The fourth-order valence-corrected chi connectivity index (χ4v) is 3.64. The van der Waals surface area contributed by atoms with Crippen LogP contribution in [0.2, 0.25) is 5.02 Å². The number of aromatic nitrogens is 3. The molecule has 2 aromatic carbocycles. The number of halogens is 1. The van der Waals surface area contributed by atoms with E-state index in [9.17, 15) is 9.59 Å². The summed E-state index contributed by atoms with van der Waals surface area (Å²) in [5, 5.41) is 13.7. The second-order valence-corrected chi connectivity index (χ2v) is 7.36. The van der Waals surface area contributed by atoms with Gasteiger partial charge in [0.15, 0.2) is 11.0 Å². The van der Waals surface area contributed by atoms with Gasteiger partial charge in [-0.05, 0) is 29.8 Å². The SMILES string of the molecule is CNC(=O)NC(=O)[C@@H](Sc1nnc(-c2ccc(Cl)cc2)n1C)c1ccccc1. The molecule has 0 aliphatic heterocycles. The van der Waals surface area contributed by atoms with E-state index in [-0.39, 0.29) is 0 Å². The molecule has 1 atom stereocenters. The molecule has 0 radical (unpaired) electrons. The Hall–Kier alpha value is -2.84. The standard InChI is InChI=1S/C19H18ClN5O2S/c1-21-18(27)22-17(26)15(12-6-4-3-5-7-12)28-19-24-23-16(25(19)2)13-8-10-14(20)11-9-13/h3-11,15H,1-2H3,(H2,21,22,26,27)/t15-/m0/s1. The number of benzene rings is 2. The Morgan fingerprint density at radius 1 is 1.07 bits per heavy atom. The quantitative estimate of drug-likeness (QED) is 0.623. The number of hydrogen-bond acceptors (Lipinski definition) is 5. The molecule has 3 aromatic rings. The summed E-state index contributed by atoms with van der Waals surface area (Å²) in [6.45, 7) is 0. The van der Waals surface area contributed by atoms with Crippen LogP contribution in [0.3, 0.4) is 0 Å². The van der Waals surface area contributed by atoms with Crippen molar-refractivity contribution in [1.82, 2.24) is 25.4 Å². The summed E-state index contributed by atoms with van der Waals surface area (Å²) >= 11 is 7.16. The number of carbonyl (C=O) groups is 2. The molecule has 0 aliphatic carbocycles. The van der Waals surface area contributed by atoms with Crippen LogP contribution < -0.4 is 10.6 Å². The van der Waals surface area contributed by atoms with Crippen molar-refractivity contribution in [1.29, 1.82) is 0 Å². The molecule has 1 heterocycles. The fourth-order valence-electron chi connectivity index (χ4n) is 2.51. The van der Waals surface area contributed by atoms with E-state index in [0.717, 1.165) is 11.1 Å². The molecule has 3 amide bonds. The Kier molecular flexibility index (Phi) is 6.33. The minimum absolute atomic E-state index is 0.438. The molecule has 1 aromatic heterocycles. The molecule has 9 heteroatoms. The van der Waals surface area contributed by atoms with Crippen LogP contribution in [0.5, 0.6) is 0 Å². The van der Waals surface area contributed by atoms with Crippen molar-refractivity contribution >= 4 is 35.3 Å². The number of nitrogens with zero attached hydrogens (tertiary/aromatic N) is 3. The zero-order chi connectivity index (χ0) is 20.1. The second-order valence-electron chi connectivity index (χ2n) is 5.85. The van der Waals surface area contributed by atoms with Crippen LogP contribution in [0.15, 0.2) is 59.8 Å². The highest BCUT2D eigenvalue weighted by atomic mass is 35.5. The minimum atomic E-state index is -0.667. The maximum absolute atomic E-state index is 12.7. The van der Waals surface area contributed by atoms with Gasteiger partial charge in [-0.3, -0.25) is 10.1 Å². The first kappa shape index (κ1) is 19.9. The summed E-state index contributed by atoms with van der Waals surface area (Å²) in [6.07, 6.45) is 0. The molecule has 0 saturated heterocycles. The number of carbonyl (C=O) groups excluding carboxylic acids is 2. The summed E-state index contributed by atoms with van der Waals surface area (Å²) in [7, 11) is 3.28. The van der Waals surface area contributed by atoms with Crippen molar-refractivity contribution in [2.75, 3.05) is 7.05 Å². The Balaban J connectivity index is 1.90. The van der Waals surface area contributed by atoms with E-state index in [0.29, 0.717) is 16.0 Å². The van der Waals surface area contributed by atoms with Crippen LogP contribution in [0, 0.1) is 0 Å². The van der Waals surface area contributed by atoms with E-state index in [1.54, 1.807) is 16.7 Å². The summed E-state index contributed by atoms with van der Waals surface area (Å²) < 4.78 is 1.80. The number of amides is 3. The van der Waals surface area contributed by atoms with E-state index >= 15 is 0 Å². The molecular formula is C19H18ClN5O2S. The lowest BCUT2D eigenvalue weighted by Crippen LogP contribution is -2.39. The lowest BCUT2D eigenvalue weighted by Gasteiger charge is -2.15. The maximum Gasteiger partial charge on any atom is 0.321 e. The number of rotatable bonds is 5. The van der Waals surface area contributed by atoms with E-state index in [4.69, 9.17) is 11.6 Å². The smallest absolute Gasteiger partial charge is 0.321 e. The van der Waals surface area contributed by atoms with Crippen LogP contribution in [-0.2, 0) is 11.8 Å². The molecule has 0 spiro atoms. The van der Waals surface area contributed by atoms with Gasteiger partial charge in [0, 0.05) is 24.7 Å². The largest absolute Gasteiger partial charge is 0.341 e. The lowest BCUT2D eigenvalue weighted by atomic mass is 10.1. The predicted octanol–water partition coefficient (Wildman–Crippen LogP) is 3.42. The summed E-state index contributed by atoms with van der Waals surface area (Å²) in [6, 6.07) is 15.9. The Labute approximate surface area is 171 Å². The Morgan fingerprint density at radius 3 is 2.39 bits per heavy atom. The Morgan fingerprint density at radius 2 is 1.75 bits per heavy atom. The number of nitrogens with one attached hydrogen (secondary N) is 2. The van der Waals surface area contributed by atoms with E-state index in [1.165, 1.54) is 18.8 Å². The van der Waals surface area contributed by atoms with Crippen molar-refractivity contribution in [3.63, 3.8) is 0 Å². The zero-order valence-corrected chi connectivity index (χ0v) is 16.8. The van der Waals surface area contributed by atoms with Gasteiger partial charge in [0.05, 0.1) is 0 Å². The van der Waals surface area contributed by atoms with Gasteiger partial charge < -0.3 is 9.88 Å². The van der Waals surface area contributed by atoms with E-state index in [2.05, 4.69) is 20.8 Å². The third kappa shape index (κ3) is 4.52. The number of imide groups is 1. The average molecular weight is 416 g/mol. The van der Waals surface area contributed by atoms with Gasteiger partial charge in [0.25, 0.3) is 0 Å². The molecule has 28 heavy (non-hydrogen) atoms. The van der Waals surface area contributed by atoms with Gasteiger partial charge in [-0.2, -0.15) is 0 Å². The molecule has 0 saturated carbocycles. The normalized spacial score (nSPS) is 11.7. The summed E-state index contributed by atoms with van der Waals surface area (Å²) in [5.74, 6) is 0.212. The average Bonchev–Trinajstić information content (AvgIpc) is 3.07. The molecule has 7 nitrogen and oxygen atoms in total. The monoisotopic (exact) mass is 415 g/mol. The van der Waals surface area contributed by atoms with Crippen LogP contribution in [-0.4, -0.2) is 33.8 Å². The van der Waals surface area contributed by atoms with Crippen LogP contribution in [0.4, 0.5) is 4.79 Å². The van der Waals surface area contributed by atoms with E-state index < -0.39 is 17.2 Å². The Bertz CT molecular complexity index is 976. The van der Waals surface area contributed by atoms with Gasteiger partial charge in [0.1, 0.15) is 5.25 Å². The van der Waals surface area contributed by atoms with Crippen LogP contribution in [0.1, 0.15) is 10.8 Å². The van der Waals surface area contributed by atoms with Gasteiger partial charge in [-0.1, -0.05) is 53.7 Å². The van der Waals surface area contributed by atoms with Crippen molar-refractivity contribution < 1.29 is 9.59 Å². The number of thioether (sulfide) groups is 1. The molecule has 0 aliphatic rings. The highest BCUT2D eigenvalue weighted by Crippen LogP contribution is 2.35. The third-order valence-corrected chi connectivity index (χ3v) is 5.51. The number of urea groups is 1. The summed E-state index contributed by atoms with van der Waals surface area (Å²) in [5.41, 5.74) is 1.61. The first-order chi connectivity index (χ1) is 13.5. The molecule has 0 unspecified atom stereocenters. The molecule has 0 bridgehead atoms. The van der Waals surface area contributed by atoms with Crippen LogP contribution in [0.25, 0.3) is 11.4 Å². The van der Waals surface area contributed by atoms with Crippen molar-refractivity contribution in [2.24, 2.45) is 7.05 Å². The molecule has 144 valence electrons.